The van der Waals surface area contributed by atoms with E-state index in [0.29, 0.717) is 28.1 Å². The van der Waals surface area contributed by atoms with E-state index in [1.807, 2.05) is 0 Å². The molecule has 0 bridgehead atoms. The molecule has 7 nitrogen and oxygen atoms in total. The third kappa shape index (κ3) is 4.09. The largest absolute Gasteiger partial charge is 0.454 e. The number of aromatic amines is 1. The molecular weight excluding hydrogens is 440 g/mol. The van der Waals surface area contributed by atoms with Gasteiger partial charge in [0.1, 0.15) is 17.1 Å². The van der Waals surface area contributed by atoms with Crippen molar-refractivity contribution in [1.29, 1.82) is 0 Å². The van der Waals surface area contributed by atoms with Gasteiger partial charge in [-0.3, -0.25) is 9.52 Å². The molecule has 170 valence electrons. The Hall–Kier alpha value is -3.66. The van der Waals surface area contributed by atoms with Gasteiger partial charge in [0, 0.05) is 50.6 Å². The molecule has 0 radical (unpaired) electrons. The average Bonchev–Trinajstić information content (AvgIpc) is 3.24. The Kier molecular flexibility index (Phi) is 5.47. The number of halogens is 2. The number of nitrogens with zero attached hydrogens (tertiary/aromatic N) is 1. The molecule has 0 aliphatic heterocycles. The van der Waals surface area contributed by atoms with E-state index in [1.54, 1.807) is 25.5 Å². The molecule has 32 heavy (non-hydrogen) atoms. The monoisotopic (exact) mass is 463 g/mol. The van der Waals surface area contributed by atoms with Crippen LogP contribution in [-0.2, 0) is 17.1 Å². The Bertz CT molecular complexity index is 1500. The van der Waals surface area contributed by atoms with Crippen molar-refractivity contribution in [3.05, 3.63) is 76.8 Å². The summed E-state index contributed by atoms with van der Waals surface area (Å²) in [6.07, 6.45) is 3.19. The van der Waals surface area contributed by atoms with Crippen LogP contribution in [0.4, 0.5) is 14.5 Å². The van der Waals surface area contributed by atoms with Gasteiger partial charge in [0.05, 0.1) is 5.75 Å². The lowest BCUT2D eigenvalue weighted by atomic mass is 10.0. The van der Waals surface area contributed by atoms with Crippen molar-refractivity contribution in [2.75, 3.05) is 10.5 Å². The highest BCUT2D eigenvalue weighted by Crippen LogP contribution is 2.39. The number of nitrogens with one attached hydrogen (secondary N) is 2. The van der Waals surface area contributed by atoms with Gasteiger partial charge in [-0.05, 0) is 43.3 Å². The van der Waals surface area contributed by atoms with Crippen LogP contribution in [0.1, 0.15) is 9.78 Å². The number of aryl methyl sites for hydroxylation is 1. The Morgan fingerprint density at radius 2 is 1.84 bits per heavy atom. The number of benzene rings is 2. The first-order chi connectivity index (χ1) is 15.2. The zero-order valence-electron chi connectivity index (χ0n) is 17.1. The summed E-state index contributed by atoms with van der Waals surface area (Å²) < 4.78 is 61.2. The molecule has 0 fully saturated rings. The quantitative estimate of drug-likeness (QED) is 0.427. The first-order valence-corrected chi connectivity index (χ1v) is 11.3. The fourth-order valence-electron chi connectivity index (χ4n) is 3.30. The van der Waals surface area contributed by atoms with Crippen molar-refractivity contribution < 1.29 is 24.8 Å². The van der Waals surface area contributed by atoms with Crippen LogP contribution in [-0.4, -0.2) is 23.7 Å². The van der Waals surface area contributed by atoms with Crippen molar-refractivity contribution in [1.82, 2.24) is 9.55 Å². The molecule has 2 heterocycles. The summed E-state index contributed by atoms with van der Waals surface area (Å²) in [4.78, 5) is 15.3. The van der Waals surface area contributed by atoms with Crippen LogP contribution in [0.2, 0.25) is 0 Å². The van der Waals surface area contributed by atoms with Gasteiger partial charge in [-0.15, -0.1) is 0 Å². The van der Waals surface area contributed by atoms with Crippen molar-refractivity contribution >= 4 is 26.6 Å². The number of rotatable bonds is 6. The van der Waals surface area contributed by atoms with E-state index in [9.17, 15) is 22.0 Å². The Balaban J connectivity index is 0.00000204. The molecule has 0 atom stereocenters. The first kappa shape index (κ1) is 21.6. The number of aromatic nitrogens is 2. The molecule has 2 N–H and O–H groups in total. The second-order valence-corrected chi connectivity index (χ2v) is 9.13. The number of anilines is 1. The molecular formula is C22H23F2N3O4S. The van der Waals surface area contributed by atoms with Gasteiger partial charge >= 0.3 is 0 Å². The number of fused-ring (bicyclic) bond motifs is 1. The van der Waals surface area contributed by atoms with Crippen molar-refractivity contribution in [3.63, 3.8) is 0 Å². The summed E-state index contributed by atoms with van der Waals surface area (Å²) in [5, 5.41) is 0.577. The molecule has 0 saturated heterocycles. The molecule has 4 rings (SSSR count). The predicted molar refractivity (Wildman–Crippen MR) is 123 cm³/mol. The molecule has 0 saturated carbocycles. The lowest BCUT2D eigenvalue weighted by molar-refractivity contribution is 0.439. The van der Waals surface area contributed by atoms with Crippen molar-refractivity contribution in [2.24, 2.45) is 7.05 Å². The van der Waals surface area contributed by atoms with E-state index in [-0.39, 0.29) is 31.4 Å². The van der Waals surface area contributed by atoms with Crippen LogP contribution >= 0.6 is 0 Å². The minimum atomic E-state index is -3.56. The van der Waals surface area contributed by atoms with Crippen LogP contribution in [0.25, 0.3) is 22.0 Å². The number of hydrogen-bond donors (Lipinski definition) is 2. The SMILES string of the molecule is CCS(=O)(=O)Nc1ccc(Oc2ccc(F)cc2F)c(-c2cn(C)c(=O)c3[nH]ccc23)c1.[HH].[HH]. The molecule has 10 heteroatoms. The maximum atomic E-state index is 14.2. The second-order valence-electron chi connectivity index (χ2n) is 7.12. The van der Waals surface area contributed by atoms with Gasteiger partial charge in [0.25, 0.3) is 5.56 Å². The molecule has 0 aliphatic rings. The fraction of sp³-hybridized carbons (Fsp3) is 0.136. The summed E-state index contributed by atoms with van der Waals surface area (Å²) in [6, 6.07) is 9.13. The maximum absolute atomic E-state index is 14.2. The number of ether oxygens (including phenoxy) is 1. The average molecular weight is 464 g/mol. The van der Waals surface area contributed by atoms with Crippen molar-refractivity contribution in [2.45, 2.75) is 6.92 Å². The van der Waals surface area contributed by atoms with Gasteiger partial charge in [-0.25, -0.2) is 17.2 Å². The number of hydrogen-bond acceptors (Lipinski definition) is 4. The molecule has 0 amide bonds. The van der Waals surface area contributed by atoms with Crippen LogP contribution < -0.4 is 15.0 Å². The van der Waals surface area contributed by atoms with Gasteiger partial charge in [0.15, 0.2) is 11.6 Å². The van der Waals surface area contributed by atoms with Crippen molar-refractivity contribution in [3.8, 4) is 22.6 Å². The molecule has 2 aromatic heterocycles. The Morgan fingerprint density at radius 3 is 2.56 bits per heavy atom. The smallest absolute Gasteiger partial charge is 0.274 e. The summed E-state index contributed by atoms with van der Waals surface area (Å²) in [6.45, 7) is 1.51. The van der Waals surface area contributed by atoms with Crippen LogP contribution in [0, 0.1) is 11.6 Å². The first-order valence-electron chi connectivity index (χ1n) is 9.63. The standard InChI is InChI=1S/C22H19F2N3O4S.2H2/c1-3-32(29,30)26-14-5-7-19(31-20-6-4-13(23)10-18(20)24)16(11-14)17-12-27(2)22(28)21-15(17)8-9-25-21;;/h4-12,25-26H,3H2,1-2H3;2*1H. The van der Waals surface area contributed by atoms with E-state index < -0.39 is 21.7 Å². The maximum Gasteiger partial charge on any atom is 0.274 e. The molecule has 0 unspecified atom stereocenters. The zero-order chi connectivity index (χ0) is 23.0. The molecule has 2 aromatic carbocycles. The number of sulfonamides is 1. The summed E-state index contributed by atoms with van der Waals surface area (Å²) in [7, 11) is -1.98. The third-order valence-corrected chi connectivity index (χ3v) is 6.24. The minimum absolute atomic E-state index is 0. The van der Waals surface area contributed by atoms with Gasteiger partial charge in [-0.2, -0.15) is 0 Å². The van der Waals surface area contributed by atoms with E-state index in [4.69, 9.17) is 4.74 Å². The van der Waals surface area contributed by atoms with Gasteiger partial charge in [0.2, 0.25) is 10.0 Å². The van der Waals surface area contributed by atoms with Gasteiger partial charge in [-0.1, -0.05) is 0 Å². The Labute approximate surface area is 185 Å². The molecule has 0 aliphatic carbocycles. The van der Waals surface area contributed by atoms with Crippen LogP contribution in [0.3, 0.4) is 0 Å². The lowest BCUT2D eigenvalue weighted by Crippen LogP contribution is -2.17. The van der Waals surface area contributed by atoms with Crippen LogP contribution in [0.5, 0.6) is 11.5 Å². The molecule has 0 spiro atoms. The van der Waals surface area contributed by atoms with Crippen LogP contribution in [0.15, 0.2) is 59.7 Å². The normalized spacial score (nSPS) is 11.6. The predicted octanol–water partition coefficient (Wildman–Crippen LogP) is 4.86. The minimum Gasteiger partial charge on any atom is -0.454 e. The highest BCUT2D eigenvalue weighted by atomic mass is 32.2. The number of H-pyrrole nitrogens is 1. The topological polar surface area (TPSA) is 93.2 Å². The number of pyridine rings is 1. The van der Waals surface area contributed by atoms with E-state index >= 15 is 0 Å². The third-order valence-electron chi connectivity index (χ3n) is 4.93. The highest BCUT2D eigenvalue weighted by Gasteiger charge is 2.18. The lowest BCUT2D eigenvalue weighted by Gasteiger charge is -2.16. The Morgan fingerprint density at radius 1 is 1.09 bits per heavy atom. The highest BCUT2D eigenvalue weighted by molar-refractivity contribution is 7.92. The van der Waals surface area contributed by atoms with E-state index in [2.05, 4.69) is 9.71 Å². The summed E-state index contributed by atoms with van der Waals surface area (Å²) in [5.74, 6) is -1.77. The van der Waals surface area contributed by atoms with Gasteiger partial charge < -0.3 is 14.3 Å². The van der Waals surface area contributed by atoms with E-state index in [1.165, 1.54) is 29.7 Å². The second kappa shape index (κ2) is 8.12. The zero-order valence-corrected chi connectivity index (χ0v) is 18.0. The summed E-state index contributed by atoms with van der Waals surface area (Å²) in [5.41, 5.74) is 1.34. The molecule has 4 aromatic rings. The van der Waals surface area contributed by atoms with E-state index in [0.717, 1.165) is 12.1 Å². The fourth-order valence-corrected chi connectivity index (χ4v) is 3.94. The summed E-state index contributed by atoms with van der Waals surface area (Å²) >= 11 is 0.